The van der Waals surface area contributed by atoms with Gasteiger partial charge in [0.2, 0.25) is 11.8 Å². The van der Waals surface area contributed by atoms with E-state index in [4.69, 9.17) is 4.52 Å². The molecular formula is C12H19N3O2. The Balaban J connectivity index is 1.78. The molecular weight excluding hydrogens is 218 g/mol. The molecule has 0 atom stereocenters. The van der Waals surface area contributed by atoms with Crippen LogP contribution in [0.1, 0.15) is 44.3 Å². The zero-order valence-corrected chi connectivity index (χ0v) is 10.3. The fourth-order valence-electron chi connectivity index (χ4n) is 2.06. The smallest absolute Gasteiger partial charge is 0.227 e. The molecule has 94 valence electrons. The Morgan fingerprint density at radius 3 is 2.82 bits per heavy atom. The molecule has 0 aromatic carbocycles. The number of likely N-dealkylation sites (tertiary alicyclic amines) is 1. The fraction of sp³-hybridized carbons (Fsp3) is 0.750. The summed E-state index contributed by atoms with van der Waals surface area (Å²) in [7, 11) is 0. The number of nitrogens with zero attached hydrogens (tertiary/aromatic N) is 3. The number of hydrogen-bond acceptors (Lipinski definition) is 4. The fourth-order valence-corrected chi connectivity index (χ4v) is 2.06. The first-order valence-electron chi connectivity index (χ1n) is 6.39. The van der Waals surface area contributed by atoms with Crippen molar-refractivity contribution in [3.05, 3.63) is 11.7 Å². The average molecular weight is 237 g/mol. The topological polar surface area (TPSA) is 59.2 Å². The molecule has 0 saturated carbocycles. The molecule has 0 aliphatic carbocycles. The zero-order chi connectivity index (χ0) is 12.1. The first-order chi connectivity index (χ1) is 8.29. The van der Waals surface area contributed by atoms with Gasteiger partial charge in [-0.1, -0.05) is 12.1 Å². The number of aryl methyl sites for hydroxylation is 2. The highest BCUT2D eigenvalue weighted by atomic mass is 16.5. The van der Waals surface area contributed by atoms with Crippen LogP contribution in [0.3, 0.4) is 0 Å². The third-order valence-corrected chi connectivity index (χ3v) is 3.00. The lowest BCUT2D eigenvalue weighted by Crippen LogP contribution is -2.27. The third kappa shape index (κ3) is 3.28. The summed E-state index contributed by atoms with van der Waals surface area (Å²) < 4.78 is 5.10. The minimum Gasteiger partial charge on any atom is -0.343 e. The van der Waals surface area contributed by atoms with Gasteiger partial charge >= 0.3 is 0 Å². The molecule has 0 spiro atoms. The predicted octanol–water partition coefficient (Wildman–Crippen LogP) is 1.58. The molecule has 1 saturated heterocycles. The molecule has 0 unspecified atom stereocenters. The second kappa shape index (κ2) is 5.80. The average Bonchev–Trinajstić information content (AvgIpc) is 2.97. The van der Waals surface area contributed by atoms with Crippen LogP contribution in [0.4, 0.5) is 0 Å². The van der Waals surface area contributed by atoms with Gasteiger partial charge in [-0.25, -0.2) is 0 Å². The minimum atomic E-state index is 0.206. The molecule has 1 aromatic rings. The van der Waals surface area contributed by atoms with Crippen LogP contribution in [0.25, 0.3) is 0 Å². The summed E-state index contributed by atoms with van der Waals surface area (Å²) in [6.45, 7) is 3.89. The lowest BCUT2D eigenvalue weighted by molar-refractivity contribution is -0.130. The van der Waals surface area contributed by atoms with Gasteiger partial charge in [0.1, 0.15) is 0 Å². The Kier molecular flexibility index (Phi) is 4.12. The summed E-state index contributed by atoms with van der Waals surface area (Å²) >= 11 is 0. The second-order valence-electron chi connectivity index (χ2n) is 4.44. The molecule has 2 heterocycles. The van der Waals surface area contributed by atoms with E-state index in [1.165, 1.54) is 0 Å². The maximum absolute atomic E-state index is 11.8. The largest absolute Gasteiger partial charge is 0.343 e. The van der Waals surface area contributed by atoms with Crippen molar-refractivity contribution in [2.24, 2.45) is 0 Å². The van der Waals surface area contributed by atoms with Crippen LogP contribution in [0.15, 0.2) is 4.52 Å². The quantitative estimate of drug-likeness (QED) is 0.780. The summed E-state index contributed by atoms with van der Waals surface area (Å²) in [5.41, 5.74) is 0. The van der Waals surface area contributed by atoms with Crippen LogP contribution in [0, 0.1) is 0 Å². The molecule has 2 rings (SSSR count). The van der Waals surface area contributed by atoms with E-state index in [0.29, 0.717) is 18.7 Å². The van der Waals surface area contributed by atoms with Crippen molar-refractivity contribution < 1.29 is 9.32 Å². The Morgan fingerprint density at radius 2 is 2.12 bits per heavy atom. The van der Waals surface area contributed by atoms with Gasteiger partial charge < -0.3 is 9.42 Å². The van der Waals surface area contributed by atoms with E-state index in [9.17, 15) is 4.79 Å². The molecule has 0 bridgehead atoms. The van der Waals surface area contributed by atoms with Crippen LogP contribution in [-0.4, -0.2) is 34.0 Å². The lowest BCUT2D eigenvalue weighted by Gasteiger charge is -2.13. The van der Waals surface area contributed by atoms with Crippen molar-refractivity contribution >= 4 is 5.91 Å². The Morgan fingerprint density at radius 1 is 1.35 bits per heavy atom. The van der Waals surface area contributed by atoms with E-state index < -0.39 is 0 Å². The lowest BCUT2D eigenvalue weighted by atomic mass is 10.3. The van der Waals surface area contributed by atoms with Crippen LogP contribution >= 0.6 is 0 Å². The van der Waals surface area contributed by atoms with E-state index in [-0.39, 0.29) is 5.91 Å². The summed E-state index contributed by atoms with van der Waals surface area (Å²) in [5.74, 6) is 1.54. The first kappa shape index (κ1) is 12.1. The standard InChI is InChI=1S/C12H19N3O2/c1-2-5-10-13-11(17-14-10)6-7-12(16)15-8-3-4-9-15/h2-9H2,1H3. The SMILES string of the molecule is CCCc1noc(CCC(=O)N2CCCC2)n1. The Labute approximate surface area is 101 Å². The molecule has 1 aliphatic heterocycles. The van der Waals surface area contributed by atoms with Gasteiger partial charge in [-0.05, 0) is 19.3 Å². The highest BCUT2D eigenvalue weighted by Crippen LogP contribution is 2.10. The van der Waals surface area contributed by atoms with Crippen molar-refractivity contribution in [2.45, 2.75) is 45.4 Å². The summed E-state index contributed by atoms with van der Waals surface area (Å²) in [6.07, 6.45) is 5.15. The number of carbonyl (C=O) groups excluding carboxylic acids is 1. The molecule has 1 aromatic heterocycles. The number of aromatic nitrogens is 2. The summed E-state index contributed by atoms with van der Waals surface area (Å²) in [6, 6.07) is 0. The maximum atomic E-state index is 11.8. The molecule has 1 amide bonds. The van der Waals surface area contributed by atoms with E-state index in [1.807, 2.05) is 4.90 Å². The molecule has 0 radical (unpaired) electrons. The zero-order valence-electron chi connectivity index (χ0n) is 10.3. The first-order valence-corrected chi connectivity index (χ1v) is 6.39. The normalized spacial score (nSPS) is 15.5. The van der Waals surface area contributed by atoms with E-state index in [0.717, 1.165) is 44.6 Å². The second-order valence-corrected chi connectivity index (χ2v) is 4.44. The molecule has 1 aliphatic rings. The van der Waals surface area contributed by atoms with Crippen molar-refractivity contribution in [3.8, 4) is 0 Å². The Hall–Kier alpha value is -1.39. The van der Waals surface area contributed by atoms with E-state index in [1.54, 1.807) is 0 Å². The van der Waals surface area contributed by atoms with Gasteiger partial charge in [-0.2, -0.15) is 4.98 Å². The number of rotatable bonds is 5. The summed E-state index contributed by atoms with van der Waals surface area (Å²) in [5, 5.41) is 3.87. The highest BCUT2D eigenvalue weighted by molar-refractivity contribution is 5.76. The van der Waals surface area contributed by atoms with E-state index >= 15 is 0 Å². The molecule has 17 heavy (non-hydrogen) atoms. The molecule has 1 fully saturated rings. The van der Waals surface area contributed by atoms with Crippen LogP contribution in [0.2, 0.25) is 0 Å². The number of hydrogen-bond donors (Lipinski definition) is 0. The Bertz CT molecular complexity index is 370. The van der Waals surface area contributed by atoms with Gasteiger partial charge in [0, 0.05) is 32.4 Å². The monoisotopic (exact) mass is 237 g/mol. The van der Waals surface area contributed by atoms with Gasteiger partial charge in [-0.15, -0.1) is 0 Å². The van der Waals surface area contributed by atoms with E-state index in [2.05, 4.69) is 17.1 Å². The molecule has 5 nitrogen and oxygen atoms in total. The number of carbonyl (C=O) groups is 1. The van der Waals surface area contributed by atoms with Crippen molar-refractivity contribution in [1.29, 1.82) is 0 Å². The van der Waals surface area contributed by atoms with Crippen LogP contribution in [-0.2, 0) is 17.6 Å². The predicted molar refractivity (Wildman–Crippen MR) is 62.4 cm³/mol. The van der Waals surface area contributed by atoms with Gasteiger partial charge in [0.15, 0.2) is 5.82 Å². The minimum absolute atomic E-state index is 0.206. The molecule has 0 N–H and O–H groups in total. The highest BCUT2D eigenvalue weighted by Gasteiger charge is 2.18. The van der Waals surface area contributed by atoms with Gasteiger partial charge in [0.25, 0.3) is 0 Å². The maximum Gasteiger partial charge on any atom is 0.227 e. The van der Waals surface area contributed by atoms with Gasteiger partial charge in [-0.3, -0.25) is 4.79 Å². The van der Waals surface area contributed by atoms with Crippen molar-refractivity contribution in [3.63, 3.8) is 0 Å². The van der Waals surface area contributed by atoms with Crippen molar-refractivity contribution in [1.82, 2.24) is 15.0 Å². The van der Waals surface area contributed by atoms with Crippen molar-refractivity contribution in [2.75, 3.05) is 13.1 Å². The van der Waals surface area contributed by atoms with Gasteiger partial charge in [0.05, 0.1) is 0 Å². The summed E-state index contributed by atoms with van der Waals surface area (Å²) in [4.78, 5) is 18.0. The number of amides is 1. The molecule has 5 heteroatoms. The third-order valence-electron chi connectivity index (χ3n) is 3.00. The van der Waals surface area contributed by atoms with Crippen LogP contribution in [0.5, 0.6) is 0 Å². The van der Waals surface area contributed by atoms with Crippen LogP contribution < -0.4 is 0 Å².